The van der Waals surface area contributed by atoms with Gasteiger partial charge in [0, 0.05) is 16.3 Å². The lowest BCUT2D eigenvalue weighted by molar-refractivity contribution is 1.41. The third-order valence-electron chi connectivity index (χ3n) is 7.52. The summed E-state index contributed by atoms with van der Waals surface area (Å²) in [6.07, 6.45) is 0. The van der Waals surface area contributed by atoms with E-state index in [0.29, 0.717) is 5.56 Å². The molecule has 2 nitrogen and oxygen atoms in total. The average molecular weight is 509 g/mol. The minimum atomic E-state index is 0.668. The fourth-order valence-electron chi connectivity index (χ4n) is 5.48. The molecule has 1 aromatic heterocycles. The van der Waals surface area contributed by atoms with Crippen molar-refractivity contribution in [2.75, 3.05) is 0 Å². The van der Waals surface area contributed by atoms with E-state index in [9.17, 15) is 0 Å². The maximum absolute atomic E-state index is 9.13. The molecule has 0 aliphatic heterocycles. The third kappa shape index (κ3) is 4.21. The Kier molecular flexibility index (Phi) is 5.89. The highest BCUT2D eigenvalue weighted by atomic mass is 14.7. The van der Waals surface area contributed by atoms with E-state index in [-0.39, 0.29) is 0 Å². The van der Waals surface area contributed by atoms with Gasteiger partial charge >= 0.3 is 0 Å². The molecule has 0 saturated heterocycles. The highest BCUT2D eigenvalue weighted by molar-refractivity contribution is 6.16. The second-order valence-electron chi connectivity index (χ2n) is 9.92. The summed E-state index contributed by atoms with van der Waals surface area (Å²) in [5.41, 5.74) is 10.6. The Labute approximate surface area is 233 Å². The third-order valence-corrected chi connectivity index (χ3v) is 7.52. The summed E-state index contributed by atoms with van der Waals surface area (Å²) in [7, 11) is 0. The molecule has 0 aliphatic rings. The molecule has 186 valence electrons. The van der Waals surface area contributed by atoms with Crippen molar-refractivity contribution in [1.29, 1.82) is 5.26 Å². The lowest BCUT2D eigenvalue weighted by atomic mass is 9.90. The van der Waals surface area contributed by atoms with Crippen LogP contribution in [0.5, 0.6) is 0 Å². The molecule has 0 unspecified atom stereocenters. The molecular formula is C38H24N2. The fraction of sp³-hybridized carbons (Fsp3) is 0. The molecule has 0 radical (unpaired) electrons. The number of benzene rings is 6. The van der Waals surface area contributed by atoms with Gasteiger partial charge in [-0.1, -0.05) is 121 Å². The first kappa shape index (κ1) is 23.6. The highest BCUT2D eigenvalue weighted by Gasteiger charge is 2.15. The Morgan fingerprint density at radius 1 is 0.425 bits per heavy atom. The molecule has 1 heterocycles. The minimum absolute atomic E-state index is 0.668. The van der Waals surface area contributed by atoms with Gasteiger partial charge in [0.1, 0.15) is 0 Å². The van der Waals surface area contributed by atoms with Gasteiger partial charge in [-0.2, -0.15) is 5.26 Å². The van der Waals surface area contributed by atoms with Crippen LogP contribution in [-0.4, -0.2) is 4.98 Å². The molecule has 0 saturated carbocycles. The quantitative estimate of drug-likeness (QED) is 0.222. The number of nitrogens with zero attached hydrogens (tertiary/aromatic N) is 2. The molecule has 7 rings (SSSR count). The Balaban J connectivity index is 1.46. The van der Waals surface area contributed by atoms with Crippen molar-refractivity contribution in [2.45, 2.75) is 0 Å². The summed E-state index contributed by atoms with van der Waals surface area (Å²) in [6, 6.07) is 52.7. The van der Waals surface area contributed by atoms with Crippen LogP contribution in [0.25, 0.3) is 66.3 Å². The second-order valence-corrected chi connectivity index (χ2v) is 9.92. The predicted molar refractivity (Wildman–Crippen MR) is 166 cm³/mol. The van der Waals surface area contributed by atoms with Crippen molar-refractivity contribution in [3.05, 3.63) is 151 Å². The van der Waals surface area contributed by atoms with Gasteiger partial charge in [0.15, 0.2) is 0 Å². The lowest BCUT2D eigenvalue weighted by Gasteiger charge is -2.16. The molecule has 0 fully saturated rings. The van der Waals surface area contributed by atoms with Gasteiger partial charge < -0.3 is 0 Å². The van der Waals surface area contributed by atoms with Gasteiger partial charge in [-0.3, -0.25) is 0 Å². The van der Waals surface area contributed by atoms with Gasteiger partial charge in [0.2, 0.25) is 0 Å². The summed E-state index contributed by atoms with van der Waals surface area (Å²) in [5, 5.41) is 12.6. The summed E-state index contributed by atoms with van der Waals surface area (Å²) in [5.74, 6) is 0. The molecule has 0 N–H and O–H groups in total. The van der Waals surface area contributed by atoms with Crippen LogP contribution >= 0.6 is 0 Å². The van der Waals surface area contributed by atoms with E-state index in [0.717, 1.165) is 44.2 Å². The van der Waals surface area contributed by atoms with E-state index >= 15 is 0 Å². The Morgan fingerprint density at radius 3 is 1.57 bits per heavy atom. The van der Waals surface area contributed by atoms with Gasteiger partial charge in [0.25, 0.3) is 0 Å². The number of rotatable bonds is 4. The number of aromatic nitrogens is 1. The van der Waals surface area contributed by atoms with Crippen LogP contribution in [0.15, 0.2) is 146 Å². The molecule has 2 heteroatoms. The number of fused-ring (bicyclic) bond motifs is 3. The Bertz CT molecular complexity index is 2020. The number of hydrogen-bond acceptors (Lipinski definition) is 2. The fourth-order valence-corrected chi connectivity index (χ4v) is 5.48. The maximum Gasteiger partial charge on any atom is 0.0991 e. The molecule has 40 heavy (non-hydrogen) atoms. The normalized spacial score (nSPS) is 11.0. The van der Waals surface area contributed by atoms with Crippen molar-refractivity contribution < 1.29 is 0 Å². The van der Waals surface area contributed by atoms with E-state index in [1.54, 1.807) is 0 Å². The smallest absolute Gasteiger partial charge is 0.0991 e. The number of pyridine rings is 1. The predicted octanol–water partition coefficient (Wildman–Crippen LogP) is 9.93. The van der Waals surface area contributed by atoms with Gasteiger partial charge in [-0.05, 0) is 63.0 Å². The first-order chi connectivity index (χ1) is 19.8. The Hall–Kier alpha value is -5.52. The molecular weight excluding hydrogens is 484 g/mol. The van der Waals surface area contributed by atoms with Crippen LogP contribution in [0.2, 0.25) is 0 Å². The van der Waals surface area contributed by atoms with E-state index in [4.69, 9.17) is 10.2 Å². The van der Waals surface area contributed by atoms with Crippen molar-refractivity contribution in [1.82, 2.24) is 4.98 Å². The van der Waals surface area contributed by atoms with Crippen molar-refractivity contribution in [3.63, 3.8) is 0 Å². The second kappa shape index (κ2) is 9.98. The van der Waals surface area contributed by atoms with Crippen molar-refractivity contribution in [2.24, 2.45) is 0 Å². The molecule has 6 aromatic carbocycles. The highest BCUT2D eigenvalue weighted by Crippen LogP contribution is 2.40. The van der Waals surface area contributed by atoms with Crippen LogP contribution < -0.4 is 0 Å². The summed E-state index contributed by atoms with van der Waals surface area (Å²) in [4.78, 5) is 5.24. The first-order valence-corrected chi connectivity index (χ1v) is 13.4. The average Bonchev–Trinajstić information content (AvgIpc) is 3.05. The first-order valence-electron chi connectivity index (χ1n) is 13.4. The van der Waals surface area contributed by atoms with Gasteiger partial charge in [0.05, 0.1) is 22.8 Å². The Morgan fingerprint density at radius 2 is 0.925 bits per heavy atom. The number of nitriles is 1. The molecule has 7 aromatic rings. The monoisotopic (exact) mass is 508 g/mol. The molecule has 0 amide bonds. The van der Waals surface area contributed by atoms with Crippen LogP contribution in [0.4, 0.5) is 0 Å². The topological polar surface area (TPSA) is 36.7 Å². The van der Waals surface area contributed by atoms with E-state index < -0.39 is 0 Å². The number of hydrogen-bond donors (Lipinski definition) is 0. The van der Waals surface area contributed by atoms with Gasteiger partial charge in [-0.15, -0.1) is 0 Å². The molecule has 0 spiro atoms. The molecule has 0 aliphatic carbocycles. The van der Waals surface area contributed by atoms with Crippen LogP contribution in [0, 0.1) is 11.3 Å². The summed E-state index contributed by atoms with van der Waals surface area (Å²) in [6.45, 7) is 0. The van der Waals surface area contributed by atoms with Crippen LogP contribution in [0.3, 0.4) is 0 Å². The zero-order chi connectivity index (χ0) is 26.9. The zero-order valence-electron chi connectivity index (χ0n) is 21.8. The molecule has 0 atom stereocenters. The van der Waals surface area contributed by atoms with Crippen molar-refractivity contribution in [3.8, 4) is 50.7 Å². The van der Waals surface area contributed by atoms with Crippen LogP contribution in [-0.2, 0) is 0 Å². The summed E-state index contributed by atoms with van der Waals surface area (Å²) >= 11 is 0. The van der Waals surface area contributed by atoms with Crippen molar-refractivity contribution >= 4 is 21.7 Å². The standard InChI is InChI=1S/C38H24N2/c39-25-26-15-17-27(18-16-26)28-19-21-30(22-20-28)34-23-36-35(29-9-3-1-4-10-29)24-37(31-11-5-2-6-12-31)40-38(36)33-14-8-7-13-32(33)34/h1-24H. The van der Waals surface area contributed by atoms with Gasteiger partial charge in [-0.25, -0.2) is 4.98 Å². The van der Waals surface area contributed by atoms with E-state index in [1.807, 2.05) is 30.3 Å². The minimum Gasteiger partial charge on any atom is -0.247 e. The molecule has 0 bridgehead atoms. The largest absolute Gasteiger partial charge is 0.247 e. The SMILES string of the molecule is N#Cc1ccc(-c2ccc(-c3cc4c(-c5ccccc5)cc(-c5ccccc5)nc4c4ccccc34)cc2)cc1. The van der Waals surface area contributed by atoms with Crippen LogP contribution in [0.1, 0.15) is 5.56 Å². The summed E-state index contributed by atoms with van der Waals surface area (Å²) < 4.78 is 0. The van der Waals surface area contributed by atoms with E-state index in [2.05, 4.69) is 121 Å². The zero-order valence-corrected chi connectivity index (χ0v) is 21.8. The lowest BCUT2D eigenvalue weighted by Crippen LogP contribution is -1.93. The maximum atomic E-state index is 9.13. The van der Waals surface area contributed by atoms with E-state index in [1.165, 1.54) is 22.1 Å².